The average Bonchev–Trinajstić information content (AvgIpc) is 3.35. The zero-order chi connectivity index (χ0) is 33.9. The number of fused-ring (bicyclic) bond motifs is 5. The number of aliphatic hydroxyl groups is 1. The van der Waals surface area contributed by atoms with Gasteiger partial charge in [-0.1, -0.05) is 103 Å². The molecule has 0 aromatic rings. The number of thioether (sulfide) groups is 2. The minimum Gasteiger partial charge on any atom is -0.392 e. The first-order valence-electron chi connectivity index (χ1n) is 19.2. The molecule has 0 bridgehead atoms. The molecular weight excluding hydrogens is 613 g/mol. The summed E-state index contributed by atoms with van der Waals surface area (Å²) >= 11 is 4.12. The van der Waals surface area contributed by atoms with Gasteiger partial charge in [-0.15, -0.1) is 23.5 Å². The summed E-state index contributed by atoms with van der Waals surface area (Å²) in [6, 6.07) is 0. The highest BCUT2D eigenvalue weighted by Gasteiger charge is 2.64. The number of hydrogen-bond donors (Lipinski definition) is 1. The summed E-state index contributed by atoms with van der Waals surface area (Å²) in [5, 5.41) is 11.3. The van der Waals surface area contributed by atoms with Crippen molar-refractivity contribution >= 4 is 23.5 Å². The number of rotatable bonds is 3. The van der Waals surface area contributed by atoms with Crippen molar-refractivity contribution in [1.82, 2.24) is 0 Å². The second-order valence-corrected chi connectivity index (χ2v) is 19.8. The highest BCUT2D eigenvalue weighted by atomic mass is 32.2. The van der Waals surface area contributed by atoms with Crippen LogP contribution >= 0.6 is 23.5 Å². The molecule has 8 aliphatic rings. The van der Waals surface area contributed by atoms with E-state index in [1.807, 2.05) is 13.8 Å². The number of allylic oxidation sites excluding steroid dienone is 7. The maximum Gasteiger partial charge on any atom is 0.120 e. The van der Waals surface area contributed by atoms with Crippen molar-refractivity contribution < 1.29 is 9.84 Å². The fourth-order valence-electron chi connectivity index (χ4n) is 10.3. The standard InChI is InChI=1S/C22H32OS2.C19H26O.C2H6/c1-14(2)16-7-8-21(3)9-10-22(4)17(19(16)21)6-5-15(13-18(22)23)20-24-11-12-25-20;1-12(2)14-7-8-18(4)9-10-19-15(17(14)18)6-5-13(3)11-16(19)20-19;1-2/h5-6,14,18,20,23H,7-13H2,1-4H3;5-6,12,16H,7-11H2,1-4H3;1-2H3/t18?,21?,22-;16?,18?,19-;/m10./s1. The molecule has 2 aliphatic heterocycles. The van der Waals surface area contributed by atoms with Crippen LogP contribution in [0.1, 0.15) is 133 Å². The van der Waals surface area contributed by atoms with Gasteiger partial charge in [0, 0.05) is 16.9 Å². The minimum absolute atomic E-state index is 0.0779. The molecule has 4 heteroatoms. The molecule has 2 saturated carbocycles. The molecular formula is C43H64O2S2. The van der Waals surface area contributed by atoms with Gasteiger partial charge in [-0.25, -0.2) is 0 Å². The lowest BCUT2D eigenvalue weighted by atomic mass is 9.57. The molecule has 0 amide bonds. The molecule has 1 spiro atoms. The Balaban J connectivity index is 0.000000159. The third kappa shape index (κ3) is 6.10. The monoisotopic (exact) mass is 676 g/mol. The molecule has 4 unspecified atom stereocenters. The Morgan fingerprint density at radius 2 is 1.28 bits per heavy atom. The Morgan fingerprint density at radius 1 is 0.723 bits per heavy atom. The largest absolute Gasteiger partial charge is 0.392 e. The van der Waals surface area contributed by atoms with Crippen molar-refractivity contribution in [3.8, 4) is 0 Å². The lowest BCUT2D eigenvalue weighted by Gasteiger charge is -2.48. The van der Waals surface area contributed by atoms with E-state index in [0.717, 1.165) is 19.3 Å². The van der Waals surface area contributed by atoms with Crippen LogP contribution in [0, 0.1) is 28.1 Å². The summed E-state index contributed by atoms with van der Waals surface area (Å²) in [6.45, 7) is 23.0. The average molecular weight is 677 g/mol. The Bertz CT molecular complexity index is 1430. The summed E-state index contributed by atoms with van der Waals surface area (Å²) in [5.41, 5.74) is 13.4. The smallest absolute Gasteiger partial charge is 0.120 e. The zero-order valence-electron chi connectivity index (χ0n) is 31.4. The van der Waals surface area contributed by atoms with Crippen LogP contribution in [0.4, 0.5) is 0 Å². The van der Waals surface area contributed by atoms with Gasteiger partial charge in [0.05, 0.1) is 16.8 Å². The van der Waals surface area contributed by atoms with E-state index in [1.54, 1.807) is 27.9 Å². The maximum absolute atomic E-state index is 11.3. The van der Waals surface area contributed by atoms with Gasteiger partial charge >= 0.3 is 0 Å². The predicted molar refractivity (Wildman–Crippen MR) is 206 cm³/mol. The Kier molecular flexibility index (Phi) is 10.2. The first-order valence-corrected chi connectivity index (χ1v) is 21.3. The van der Waals surface area contributed by atoms with Crippen molar-refractivity contribution in [2.45, 2.75) is 156 Å². The fourth-order valence-corrected chi connectivity index (χ4v) is 13.2. The molecule has 1 N–H and O–H groups in total. The van der Waals surface area contributed by atoms with Crippen molar-refractivity contribution in [2.75, 3.05) is 11.5 Å². The topological polar surface area (TPSA) is 32.8 Å². The molecule has 260 valence electrons. The molecule has 0 aromatic carbocycles. The van der Waals surface area contributed by atoms with Gasteiger partial charge < -0.3 is 9.84 Å². The number of aliphatic hydroxyl groups excluding tert-OH is 1. The molecule has 6 atom stereocenters. The molecule has 4 fully saturated rings. The van der Waals surface area contributed by atoms with Gasteiger partial charge in [-0.2, -0.15) is 0 Å². The van der Waals surface area contributed by atoms with Crippen molar-refractivity contribution in [1.29, 1.82) is 0 Å². The van der Waals surface area contributed by atoms with E-state index in [-0.39, 0.29) is 17.1 Å². The van der Waals surface area contributed by atoms with E-state index in [4.69, 9.17) is 4.74 Å². The van der Waals surface area contributed by atoms with Gasteiger partial charge in [-0.3, -0.25) is 0 Å². The molecule has 0 radical (unpaired) electrons. The van der Waals surface area contributed by atoms with Gasteiger partial charge in [-0.05, 0) is 122 Å². The quantitative estimate of drug-likeness (QED) is 0.302. The molecule has 47 heavy (non-hydrogen) atoms. The van der Waals surface area contributed by atoms with Crippen LogP contribution in [0.15, 0.2) is 68.9 Å². The zero-order valence-corrected chi connectivity index (χ0v) is 33.0. The van der Waals surface area contributed by atoms with Crippen LogP contribution in [0.5, 0.6) is 0 Å². The summed E-state index contributed by atoms with van der Waals surface area (Å²) in [6.07, 6.45) is 21.8. The highest BCUT2D eigenvalue weighted by molar-refractivity contribution is 8.20. The maximum atomic E-state index is 11.3. The van der Waals surface area contributed by atoms with E-state index in [9.17, 15) is 5.11 Å². The number of hydrogen-bond acceptors (Lipinski definition) is 4. The highest BCUT2D eigenvalue weighted by Crippen LogP contribution is 2.65. The molecule has 0 aromatic heterocycles. The van der Waals surface area contributed by atoms with Crippen molar-refractivity contribution in [3.63, 3.8) is 0 Å². The first-order chi connectivity index (χ1) is 22.3. The van der Waals surface area contributed by atoms with Crippen molar-refractivity contribution in [3.05, 3.63) is 68.9 Å². The third-order valence-electron chi connectivity index (χ3n) is 13.4. The molecule has 8 rings (SSSR count). The predicted octanol–water partition coefficient (Wildman–Crippen LogP) is 11.9. The summed E-state index contributed by atoms with van der Waals surface area (Å²) in [4.78, 5) is 0. The minimum atomic E-state index is -0.250. The van der Waals surface area contributed by atoms with Crippen LogP contribution in [0.25, 0.3) is 0 Å². The van der Waals surface area contributed by atoms with E-state index in [1.165, 1.54) is 73.2 Å². The summed E-state index contributed by atoms with van der Waals surface area (Å²) in [7, 11) is 0. The Morgan fingerprint density at radius 3 is 1.87 bits per heavy atom. The van der Waals surface area contributed by atoms with E-state index in [2.05, 4.69) is 103 Å². The Hall–Kier alpha value is -0.940. The molecule has 2 heterocycles. The van der Waals surface area contributed by atoms with Crippen LogP contribution in [0.2, 0.25) is 0 Å². The number of epoxide rings is 1. The Labute approximate surface area is 296 Å². The molecule has 6 aliphatic carbocycles. The normalized spacial score (nSPS) is 39.1. The van der Waals surface area contributed by atoms with Gasteiger partial charge in [0.2, 0.25) is 0 Å². The van der Waals surface area contributed by atoms with Crippen LogP contribution in [-0.4, -0.2) is 39.0 Å². The first kappa shape index (κ1) is 35.9. The van der Waals surface area contributed by atoms with Gasteiger partial charge in [0.25, 0.3) is 0 Å². The second kappa shape index (κ2) is 13.3. The van der Waals surface area contributed by atoms with E-state index < -0.39 is 0 Å². The van der Waals surface area contributed by atoms with Crippen LogP contribution < -0.4 is 0 Å². The van der Waals surface area contributed by atoms with Crippen molar-refractivity contribution in [2.24, 2.45) is 28.1 Å². The van der Waals surface area contributed by atoms with E-state index in [0.29, 0.717) is 33.4 Å². The van der Waals surface area contributed by atoms with Crippen LogP contribution in [0.3, 0.4) is 0 Å². The lowest BCUT2D eigenvalue weighted by Crippen LogP contribution is -2.42. The fraction of sp³-hybridized carbons (Fsp3) is 0.721. The SMILES string of the molecule is CC.CC(C)C1=C2C3=CC=C(C4SCCS4)CC(O)[C@]3(C)CCC2(C)CC1.CC1=CC=C2C3=C(C(C)C)CCC3(C)CC[C@]23OC3C1. The summed E-state index contributed by atoms with van der Waals surface area (Å²) < 4.78 is 6.82. The molecule has 2 nitrogen and oxygen atoms in total. The van der Waals surface area contributed by atoms with Crippen LogP contribution in [-0.2, 0) is 4.74 Å². The molecule has 2 saturated heterocycles. The third-order valence-corrected chi connectivity index (χ3v) is 16.6. The van der Waals surface area contributed by atoms with Gasteiger partial charge in [0.1, 0.15) is 5.60 Å². The number of ether oxygens (including phenoxy) is 1. The summed E-state index contributed by atoms with van der Waals surface area (Å²) in [5.74, 6) is 3.78. The lowest BCUT2D eigenvalue weighted by molar-refractivity contribution is 0.0394. The second-order valence-electron chi connectivity index (χ2n) is 17.1. The van der Waals surface area contributed by atoms with Gasteiger partial charge in [0.15, 0.2) is 0 Å². The van der Waals surface area contributed by atoms with E-state index >= 15 is 0 Å².